The SMILES string of the molecule is Cc1csc2c(=O)n(-c3nccs3)c([C@H]3C[C@@H]4[C@H](C3)C4(F)F)nc12. The minimum atomic E-state index is -2.52. The Labute approximate surface area is 143 Å². The maximum atomic E-state index is 13.6. The smallest absolute Gasteiger partial charge is 0.267 e. The van der Waals surface area contributed by atoms with Gasteiger partial charge in [0.2, 0.25) is 0 Å². The Morgan fingerprint density at radius 2 is 2.04 bits per heavy atom. The van der Waals surface area contributed by atoms with Crippen molar-refractivity contribution in [3.05, 3.63) is 38.7 Å². The van der Waals surface area contributed by atoms with Gasteiger partial charge in [-0.15, -0.1) is 22.7 Å². The van der Waals surface area contributed by atoms with Crippen LogP contribution in [0, 0.1) is 18.8 Å². The van der Waals surface area contributed by atoms with Crippen molar-refractivity contribution < 1.29 is 8.78 Å². The number of fused-ring (bicyclic) bond motifs is 2. The van der Waals surface area contributed by atoms with Gasteiger partial charge in [-0.2, -0.15) is 0 Å². The van der Waals surface area contributed by atoms with Crippen LogP contribution < -0.4 is 5.56 Å². The number of nitrogens with zero attached hydrogens (tertiary/aromatic N) is 3. The third kappa shape index (κ3) is 1.84. The van der Waals surface area contributed by atoms with Gasteiger partial charge in [0.05, 0.1) is 5.52 Å². The number of alkyl halides is 2. The minimum Gasteiger partial charge on any atom is -0.267 e. The molecular formula is C16H13F2N3OS2. The van der Waals surface area contributed by atoms with Gasteiger partial charge >= 0.3 is 0 Å². The van der Waals surface area contributed by atoms with E-state index in [9.17, 15) is 13.6 Å². The van der Waals surface area contributed by atoms with Crippen LogP contribution in [-0.2, 0) is 0 Å². The molecule has 3 heterocycles. The summed E-state index contributed by atoms with van der Waals surface area (Å²) < 4.78 is 29.2. The molecule has 2 aliphatic rings. The molecule has 0 saturated heterocycles. The van der Waals surface area contributed by atoms with Crippen molar-refractivity contribution in [3.8, 4) is 5.13 Å². The summed E-state index contributed by atoms with van der Waals surface area (Å²) in [6.45, 7) is 1.92. The molecule has 0 unspecified atom stereocenters. The predicted molar refractivity (Wildman–Crippen MR) is 89.5 cm³/mol. The molecule has 0 bridgehead atoms. The van der Waals surface area contributed by atoms with E-state index in [2.05, 4.69) is 4.98 Å². The molecule has 3 aromatic rings. The van der Waals surface area contributed by atoms with Crippen LogP contribution in [0.15, 0.2) is 21.8 Å². The number of hydrogen-bond acceptors (Lipinski definition) is 5. The molecule has 0 aliphatic heterocycles. The Hall–Kier alpha value is -1.67. The number of hydrogen-bond donors (Lipinski definition) is 0. The van der Waals surface area contributed by atoms with Crippen LogP contribution in [0.5, 0.6) is 0 Å². The number of aromatic nitrogens is 3. The van der Waals surface area contributed by atoms with E-state index < -0.39 is 17.8 Å². The van der Waals surface area contributed by atoms with E-state index in [-0.39, 0.29) is 11.5 Å². The monoisotopic (exact) mass is 365 g/mol. The van der Waals surface area contributed by atoms with E-state index in [1.165, 1.54) is 27.2 Å². The molecule has 2 fully saturated rings. The normalized spacial score (nSPS) is 27.5. The van der Waals surface area contributed by atoms with Crippen LogP contribution in [0.4, 0.5) is 8.78 Å². The Kier molecular flexibility index (Phi) is 2.87. The predicted octanol–water partition coefficient (Wildman–Crippen LogP) is 3.97. The third-order valence-corrected chi connectivity index (χ3v) is 7.04. The Balaban J connectivity index is 1.71. The quantitative estimate of drug-likeness (QED) is 0.690. The zero-order valence-electron chi connectivity index (χ0n) is 12.7. The van der Waals surface area contributed by atoms with Crippen molar-refractivity contribution in [1.82, 2.24) is 14.5 Å². The Morgan fingerprint density at radius 1 is 1.29 bits per heavy atom. The van der Waals surface area contributed by atoms with Crippen molar-refractivity contribution >= 4 is 32.9 Å². The van der Waals surface area contributed by atoms with Gasteiger partial charge in [0, 0.05) is 29.3 Å². The lowest BCUT2D eigenvalue weighted by Gasteiger charge is -2.18. The molecule has 3 atom stereocenters. The lowest BCUT2D eigenvalue weighted by atomic mass is 10.0. The third-order valence-electron chi connectivity index (χ3n) is 5.21. The highest BCUT2D eigenvalue weighted by molar-refractivity contribution is 7.17. The zero-order chi connectivity index (χ0) is 16.6. The number of thiazole rings is 1. The highest BCUT2D eigenvalue weighted by Gasteiger charge is 2.71. The summed E-state index contributed by atoms with van der Waals surface area (Å²) in [5, 5.41) is 4.27. The van der Waals surface area contributed by atoms with Gasteiger partial charge in [0.1, 0.15) is 10.5 Å². The molecule has 24 heavy (non-hydrogen) atoms. The number of thiophene rings is 1. The summed E-state index contributed by atoms with van der Waals surface area (Å²) in [4.78, 5) is 22.0. The highest BCUT2D eigenvalue weighted by atomic mass is 32.1. The maximum Gasteiger partial charge on any atom is 0.277 e. The summed E-state index contributed by atoms with van der Waals surface area (Å²) in [6, 6.07) is 0. The summed E-state index contributed by atoms with van der Waals surface area (Å²) in [5.41, 5.74) is 1.50. The van der Waals surface area contributed by atoms with Crippen molar-refractivity contribution in [2.45, 2.75) is 31.6 Å². The average Bonchev–Trinajstić information content (AvgIpc) is 3.11. The largest absolute Gasteiger partial charge is 0.277 e. The molecule has 0 spiro atoms. The van der Waals surface area contributed by atoms with Gasteiger partial charge in [-0.05, 0) is 30.7 Å². The second-order valence-electron chi connectivity index (χ2n) is 6.58. The standard InChI is InChI=1S/C16H13F2N3OS2/c1-7-6-24-12-11(7)20-13(8-4-9-10(5-8)16(9,17)18)21(14(12)22)15-19-2-3-23-15/h2-3,6,8-10H,4-5H2,1H3/t8-,9+,10-. The molecule has 124 valence electrons. The van der Waals surface area contributed by atoms with Gasteiger partial charge in [-0.25, -0.2) is 23.3 Å². The van der Waals surface area contributed by atoms with Gasteiger partial charge < -0.3 is 0 Å². The van der Waals surface area contributed by atoms with Gasteiger partial charge in [0.15, 0.2) is 5.13 Å². The lowest BCUT2D eigenvalue weighted by Crippen LogP contribution is -2.25. The zero-order valence-corrected chi connectivity index (χ0v) is 14.3. The molecule has 3 aromatic heterocycles. The second kappa shape index (κ2) is 4.70. The number of rotatable bonds is 2. The average molecular weight is 365 g/mol. The fourth-order valence-corrected chi connectivity index (χ4v) is 5.47. The molecule has 0 aromatic carbocycles. The molecule has 2 aliphatic carbocycles. The molecule has 0 radical (unpaired) electrons. The first kappa shape index (κ1) is 14.7. The van der Waals surface area contributed by atoms with Crippen molar-refractivity contribution in [2.75, 3.05) is 0 Å². The molecular weight excluding hydrogens is 352 g/mol. The number of halogens is 2. The lowest BCUT2D eigenvalue weighted by molar-refractivity contribution is 0.0689. The Morgan fingerprint density at radius 3 is 2.71 bits per heavy atom. The topological polar surface area (TPSA) is 47.8 Å². The van der Waals surface area contributed by atoms with E-state index in [0.29, 0.717) is 34.0 Å². The van der Waals surface area contributed by atoms with Crippen molar-refractivity contribution in [1.29, 1.82) is 0 Å². The first-order valence-corrected chi connectivity index (χ1v) is 9.53. The first-order chi connectivity index (χ1) is 11.5. The van der Waals surface area contributed by atoms with Gasteiger partial charge in [-0.1, -0.05) is 0 Å². The van der Waals surface area contributed by atoms with Crippen LogP contribution >= 0.6 is 22.7 Å². The van der Waals surface area contributed by atoms with E-state index in [1.54, 1.807) is 11.6 Å². The van der Waals surface area contributed by atoms with E-state index >= 15 is 0 Å². The van der Waals surface area contributed by atoms with E-state index in [0.717, 1.165) is 5.56 Å². The molecule has 5 rings (SSSR count). The first-order valence-electron chi connectivity index (χ1n) is 7.77. The van der Waals surface area contributed by atoms with Gasteiger partial charge in [-0.3, -0.25) is 4.79 Å². The van der Waals surface area contributed by atoms with Crippen LogP contribution in [0.3, 0.4) is 0 Å². The summed E-state index contributed by atoms with van der Waals surface area (Å²) >= 11 is 2.73. The Bertz CT molecular complexity index is 994. The highest BCUT2D eigenvalue weighted by Crippen LogP contribution is 2.67. The van der Waals surface area contributed by atoms with Crippen LogP contribution in [0.25, 0.3) is 15.3 Å². The molecule has 4 nitrogen and oxygen atoms in total. The van der Waals surface area contributed by atoms with Crippen LogP contribution in [0.2, 0.25) is 0 Å². The molecule has 0 amide bonds. The summed E-state index contributed by atoms with van der Waals surface area (Å²) in [6.07, 6.45) is 2.43. The van der Waals surface area contributed by atoms with Crippen molar-refractivity contribution in [2.24, 2.45) is 11.8 Å². The molecule has 0 N–H and O–H groups in total. The second-order valence-corrected chi connectivity index (χ2v) is 8.33. The van der Waals surface area contributed by atoms with Gasteiger partial charge in [0.25, 0.3) is 11.5 Å². The number of aryl methyl sites for hydroxylation is 1. The summed E-state index contributed by atoms with van der Waals surface area (Å²) in [7, 11) is 0. The minimum absolute atomic E-state index is 0.111. The fraction of sp³-hybridized carbons (Fsp3) is 0.438. The van der Waals surface area contributed by atoms with E-state index in [4.69, 9.17) is 4.98 Å². The van der Waals surface area contributed by atoms with E-state index in [1.807, 2.05) is 12.3 Å². The maximum absolute atomic E-state index is 13.6. The summed E-state index contributed by atoms with van der Waals surface area (Å²) in [5.74, 6) is -3.15. The van der Waals surface area contributed by atoms with Crippen LogP contribution in [0.1, 0.15) is 30.1 Å². The molecule has 8 heteroatoms. The van der Waals surface area contributed by atoms with Crippen LogP contribution in [-0.4, -0.2) is 20.5 Å². The van der Waals surface area contributed by atoms with Crippen molar-refractivity contribution in [3.63, 3.8) is 0 Å². The fourth-order valence-electron chi connectivity index (χ4n) is 3.91. The molecule has 2 saturated carbocycles.